The second-order valence-corrected chi connectivity index (χ2v) is 12.7. The molecule has 2 aromatic heterocycles. The molecule has 40 heavy (non-hydrogen) atoms. The lowest BCUT2D eigenvalue weighted by Crippen LogP contribution is -2.49. The smallest absolute Gasteiger partial charge is 0.243 e. The van der Waals surface area contributed by atoms with Gasteiger partial charge in [0.15, 0.2) is 5.78 Å². The summed E-state index contributed by atoms with van der Waals surface area (Å²) in [5.74, 6) is -0.476. The predicted octanol–water partition coefficient (Wildman–Crippen LogP) is 5.74. The number of carbonyl (C=O) groups is 1. The van der Waals surface area contributed by atoms with Gasteiger partial charge in [-0.15, -0.1) is 0 Å². The van der Waals surface area contributed by atoms with Crippen LogP contribution in [0.4, 0.5) is 4.39 Å². The van der Waals surface area contributed by atoms with E-state index in [1.54, 1.807) is 66.6 Å². The molecule has 2 aliphatic carbocycles. The Morgan fingerprint density at radius 3 is 2.65 bits per heavy atom. The molecule has 0 unspecified atom stereocenters. The number of hydrogen-bond acceptors (Lipinski definition) is 5. The van der Waals surface area contributed by atoms with Crippen LogP contribution in [0.5, 0.6) is 0 Å². The third-order valence-electron chi connectivity index (χ3n) is 8.03. The van der Waals surface area contributed by atoms with E-state index in [1.165, 1.54) is 28.6 Å². The highest BCUT2D eigenvalue weighted by Gasteiger charge is 2.51. The Balaban J connectivity index is 1.41. The molecule has 0 saturated heterocycles. The molecule has 0 radical (unpaired) electrons. The van der Waals surface area contributed by atoms with Crippen molar-refractivity contribution in [2.24, 2.45) is 5.41 Å². The number of carbonyl (C=O) groups excluding carboxylic acids is 1. The number of Topliss-reactive ketones (excluding diaryl/α,β-unsaturated/α-hetero) is 1. The maximum absolute atomic E-state index is 14.3. The van der Waals surface area contributed by atoms with Crippen LogP contribution in [0.15, 0.2) is 89.6 Å². The predicted molar refractivity (Wildman–Crippen MR) is 150 cm³/mol. The number of hydrogen-bond donors (Lipinski definition) is 0. The Hall–Kier alpha value is -3.66. The van der Waals surface area contributed by atoms with Gasteiger partial charge in [0.1, 0.15) is 11.5 Å². The monoisotopic (exact) mass is 576 g/mol. The molecule has 0 spiro atoms. The topological polar surface area (TPSA) is 85.2 Å². The zero-order valence-electron chi connectivity index (χ0n) is 21.7. The number of rotatable bonds is 6. The minimum atomic E-state index is -3.86. The van der Waals surface area contributed by atoms with Crippen LogP contribution in [0.3, 0.4) is 0 Å². The highest BCUT2D eigenvalue weighted by molar-refractivity contribution is 7.89. The molecular formula is C30H26ClFN4O3S. The van der Waals surface area contributed by atoms with E-state index in [0.29, 0.717) is 42.1 Å². The Bertz CT molecular complexity index is 1740. The van der Waals surface area contributed by atoms with Crippen molar-refractivity contribution in [3.05, 3.63) is 112 Å². The van der Waals surface area contributed by atoms with Crippen LogP contribution in [-0.2, 0) is 16.4 Å². The van der Waals surface area contributed by atoms with Gasteiger partial charge < -0.3 is 0 Å². The number of ketones is 1. The number of allylic oxidation sites excluding steroid dienone is 1. The van der Waals surface area contributed by atoms with Gasteiger partial charge in [-0.1, -0.05) is 29.3 Å². The molecule has 0 N–H and O–H groups in total. The van der Waals surface area contributed by atoms with Crippen LogP contribution in [0.2, 0.25) is 5.02 Å². The first kappa shape index (κ1) is 26.6. The molecular weight excluding hydrogens is 551 g/mol. The van der Waals surface area contributed by atoms with Crippen molar-refractivity contribution in [2.75, 3.05) is 7.05 Å². The Morgan fingerprint density at radius 2 is 1.93 bits per heavy atom. The van der Waals surface area contributed by atoms with E-state index < -0.39 is 21.5 Å². The second-order valence-electron chi connectivity index (χ2n) is 10.3. The van der Waals surface area contributed by atoms with Gasteiger partial charge in [0.05, 0.1) is 27.9 Å². The fourth-order valence-electron chi connectivity index (χ4n) is 5.91. The van der Waals surface area contributed by atoms with Gasteiger partial charge in [-0.05, 0) is 91.9 Å². The van der Waals surface area contributed by atoms with Gasteiger partial charge in [-0.2, -0.15) is 9.40 Å². The number of halogens is 2. The van der Waals surface area contributed by atoms with Crippen LogP contribution in [0.25, 0.3) is 11.8 Å². The van der Waals surface area contributed by atoms with Crippen molar-refractivity contribution >= 4 is 33.5 Å². The first-order valence-corrected chi connectivity index (χ1v) is 14.7. The van der Waals surface area contributed by atoms with Crippen LogP contribution >= 0.6 is 11.6 Å². The number of fused-ring (bicyclic) bond motifs is 2. The number of pyridine rings is 1. The lowest BCUT2D eigenvalue weighted by molar-refractivity contribution is 0.0747. The van der Waals surface area contributed by atoms with Gasteiger partial charge in [-0.3, -0.25) is 9.78 Å². The van der Waals surface area contributed by atoms with E-state index in [1.807, 2.05) is 6.08 Å². The van der Waals surface area contributed by atoms with Gasteiger partial charge in [0.2, 0.25) is 10.0 Å². The van der Waals surface area contributed by atoms with Crippen molar-refractivity contribution in [1.29, 1.82) is 0 Å². The zero-order valence-corrected chi connectivity index (χ0v) is 23.2. The largest absolute Gasteiger partial charge is 0.291 e. The molecule has 4 aromatic rings. The van der Waals surface area contributed by atoms with Gasteiger partial charge in [0, 0.05) is 24.3 Å². The summed E-state index contributed by atoms with van der Waals surface area (Å²) in [6, 6.07) is 17.1. The normalized spacial score (nSPS) is 20.5. The molecule has 204 valence electrons. The summed E-state index contributed by atoms with van der Waals surface area (Å²) in [5.41, 5.74) is 2.68. The third-order valence-corrected chi connectivity index (χ3v) is 10.2. The molecule has 0 amide bonds. The van der Waals surface area contributed by atoms with E-state index in [0.717, 1.165) is 16.8 Å². The summed E-state index contributed by atoms with van der Waals surface area (Å²) in [4.78, 5) is 18.7. The standard InChI is InChI=1S/C30H26ClFN4O3S/c1-35(40(38,39)26-6-4-5-22(31)16-26)25-11-8-21-15-28-20(19-34-36(28)24-12-9-23(32)10-13-24)17-30(21,18-25)29(37)27-7-2-3-14-33-27/h2-7,9-10,12-16,19,25H,8,11,17-18H2,1H3/t25-,30-/m0/s1. The third kappa shape index (κ3) is 4.48. The van der Waals surface area contributed by atoms with Gasteiger partial charge in [0.25, 0.3) is 0 Å². The van der Waals surface area contributed by atoms with Crippen molar-refractivity contribution < 1.29 is 17.6 Å². The van der Waals surface area contributed by atoms with Gasteiger partial charge >= 0.3 is 0 Å². The molecule has 2 atom stereocenters. The van der Waals surface area contributed by atoms with E-state index in [2.05, 4.69) is 10.1 Å². The minimum Gasteiger partial charge on any atom is -0.291 e. The average Bonchev–Trinajstić information content (AvgIpc) is 3.37. The van der Waals surface area contributed by atoms with E-state index in [-0.39, 0.29) is 16.5 Å². The van der Waals surface area contributed by atoms with E-state index in [4.69, 9.17) is 11.6 Å². The molecule has 0 aliphatic heterocycles. The lowest BCUT2D eigenvalue weighted by atomic mass is 9.60. The SMILES string of the molecule is CN([C@H]1CCC2=Cc3c(cnn3-c3ccc(F)cc3)C[C@]2(C(=O)c2ccccn2)C1)S(=O)(=O)c1cccc(Cl)c1. The fourth-order valence-corrected chi connectivity index (χ4v) is 7.60. The van der Waals surface area contributed by atoms with E-state index >= 15 is 0 Å². The van der Waals surface area contributed by atoms with Crippen molar-refractivity contribution in [3.63, 3.8) is 0 Å². The molecule has 2 heterocycles. The lowest BCUT2D eigenvalue weighted by Gasteiger charge is -2.45. The molecule has 0 bridgehead atoms. The summed E-state index contributed by atoms with van der Waals surface area (Å²) in [5, 5.41) is 4.90. The summed E-state index contributed by atoms with van der Waals surface area (Å²) < 4.78 is 43.9. The average molecular weight is 577 g/mol. The summed E-state index contributed by atoms with van der Waals surface area (Å²) in [6.45, 7) is 0. The second kappa shape index (κ2) is 10.1. The van der Waals surface area contributed by atoms with Gasteiger partial charge in [-0.25, -0.2) is 17.5 Å². The van der Waals surface area contributed by atoms with Crippen molar-refractivity contribution in [2.45, 2.75) is 36.6 Å². The first-order valence-electron chi connectivity index (χ1n) is 12.9. The Labute approximate surface area is 237 Å². The molecule has 1 saturated carbocycles. The summed E-state index contributed by atoms with van der Waals surface area (Å²) >= 11 is 6.10. The fraction of sp³-hybridized carbons (Fsp3) is 0.233. The van der Waals surface area contributed by atoms with Crippen molar-refractivity contribution in [3.8, 4) is 5.69 Å². The summed E-state index contributed by atoms with van der Waals surface area (Å²) in [7, 11) is -2.29. The van der Waals surface area contributed by atoms with Crippen LogP contribution < -0.4 is 0 Å². The highest BCUT2D eigenvalue weighted by atomic mass is 35.5. The number of benzene rings is 2. The Morgan fingerprint density at radius 1 is 1.12 bits per heavy atom. The van der Waals surface area contributed by atoms with E-state index in [9.17, 15) is 17.6 Å². The molecule has 6 rings (SSSR count). The van der Waals surface area contributed by atoms with Crippen LogP contribution in [0, 0.1) is 11.2 Å². The minimum absolute atomic E-state index is 0.112. The number of sulfonamides is 1. The molecule has 1 fully saturated rings. The molecule has 2 aromatic carbocycles. The molecule has 7 nitrogen and oxygen atoms in total. The maximum Gasteiger partial charge on any atom is 0.243 e. The van der Waals surface area contributed by atoms with Crippen LogP contribution in [0.1, 0.15) is 41.0 Å². The van der Waals surface area contributed by atoms with Crippen LogP contribution in [-0.4, -0.2) is 46.4 Å². The first-order chi connectivity index (χ1) is 19.2. The maximum atomic E-state index is 14.3. The number of nitrogens with zero attached hydrogens (tertiary/aromatic N) is 4. The quantitative estimate of drug-likeness (QED) is 0.273. The van der Waals surface area contributed by atoms with Crippen molar-refractivity contribution in [1.82, 2.24) is 19.1 Å². The molecule has 2 aliphatic rings. The number of aromatic nitrogens is 3. The highest BCUT2D eigenvalue weighted by Crippen LogP contribution is 2.51. The Kier molecular flexibility index (Phi) is 6.68. The molecule has 10 heteroatoms. The summed E-state index contributed by atoms with van der Waals surface area (Å²) in [6.07, 6.45) is 7.03. The zero-order chi connectivity index (χ0) is 28.1.